The molecule has 2 aliphatic heterocycles. The Morgan fingerprint density at radius 3 is 2.81 bits per heavy atom. The number of rotatable bonds is 1. The molecule has 1 saturated carbocycles. The molecule has 1 aromatic rings. The molecule has 0 bridgehead atoms. The molecular weight excluding hydrogens is 332 g/mol. The molecule has 1 aromatic carbocycles. The van der Waals surface area contributed by atoms with E-state index >= 15 is 0 Å². The highest BCUT2D eigenvalue weighted by Gasteiger charge is 2.68. The van der Waals surface area contributed by atoms with Gasteiger partial charge in [0, 0.05) is 23.2 Å². The van der Waals surface area contributed by atoms with Crippen LogP contribution in [-0.2, 0) is 15.0 Å². The number of amides is 2. The van der Waals surface area contributed by atoms with E-state index in [1.54, 1.807) is 0 Å². The van der Waals surface area contributed by atoms with Crippen LogP contribution in [0.1, 0.15) is 31.2 Å². The Labute approximate surface area is 132 Å². The Balaban J connectivity index is 1.64. The summed E-state index contributed by atoms with van der Waals surface area (Å²) in [5.74, 6) is -0.0187. The topological polar surface area (TPSA) is 49.4 Å². The summed E-state index contributed by atoms with van der Waals surface area (Å²) in [6.45, 7) is 1.69. The first-order chi connectivity index (χ1) is 10.1. The van der Waals surface area contributed by atoms with E-state index in [1.807, 2.05) is 23.1 Å². The van der Waals surface area contributed by atoms with Gasteiger partial charge in [-0.25, -0.2) is 0 Å². The van der Waals surface area contributed by atoms with Crippen LogP contribution in [-0.4, -0.2) is 29.8 Å². The van der Waals surface area contributed by atoms with Gasteiger partial charge in [0.25, 0.3) is 0 Å². The van der Waals surface area contributed by atoms with Gasteiger partial charge in [0.15, 0.2) is 0 Å². The SMILES string of the molecule is O=C([C@H]1C[C@]12C(=O)Nc1ccc(Br)cc12)N1CCCCC1. The molecule has 2 amide bonds. The molecular formula is C16H17BrN2O2. The van der Waals surface area contributed by atoms with Gasteiger partial charge >= 0.3 is 0 Å². The molecule has 0 radical (unpaired) electrons. The fourth-order valence-electron chi connectivity index (χ4n) is 3.80. The zero-order chi connectivity index (χ0) is 14.6. The van der Waals surface area contributed by atoms with Crippen molar-refractivity contribution in [1.82, 2.24) is 4.90 Å². The van der Waals surface area contributed by atoms with Gasteiger partial charge in [0.05, 0.1) is 11.3 Å². The predicted octanol–water partition coefficient (Wildman–Crippen LogP) is 2.67. The molecule has 2 fully saturated rings. The summed E-state index contributed by atoms with van der Waals surface area (Å²) in [5, 5.41) is 2.93. The minimum atomic E-state index is -0.604. The summed E-state index contributed by atoms with van der Waals surface area (Å²) < 4.78 is 0.952. The maximum absolute atomic E-state index is 12.7. The number of piperidine rings is 1. The van der Waals surface area contributed by atoms with Crippen molar-refractivity contribution >= 4 is 33.4 Å². The lowest BCUT2D eigenvalue weighted by molar-refractivity contribution is -0.135. The normalized spacial score (nSPS) is 30.2. The second-order valence-corrected chi connectivity index (χ2v) is 7.17. The Kier molecular flexibility index (Phi) is 2.89. The van der Waals surface area contributed by atoms with Gasteiger partial charge in [-0.1, -0.05) is 15.9 Å². The van der Waals surface area contributed by atoms with E-state index < -0.39 is 5.41 Å². The summed E-state index contributed by atoms with van der Waals surface area (Å²) in [6, 6.07) is 5.81. The standard InChI is InChI=1S/C16H17BrN2O2/c17-10-4-5-13-11(8-10)16(15(21)18-13)9-12(16)14(20)19-6-2-1-3-7-19/h4-5,8,12H,1-3,6-7,9H2,(H,18,21)/t12-,16-/m1/s1. The van der Waals surface area contributed by atoms with Crippen molar-refractivity contribution in [2.24, 2.45) is 5.92 Å². The van der Waals surface area contributed by atoms with E-state index in [4.69, 9.17) is 0 Å². The molecule has 0 unspecified atom stereocenters. The molecule has 0 aromatic heterocycles. The first-order valence-corrected chi connectivity index (χ1v) is 8.32. The fraction of sp³-hybridized carbons (Fsp3) is 0.500. The molecule has 1 saturated heterocycles. The smallest absolute Gasteiger partial charge is 0.235 e. The lowest BCUT2D eigenvalue weighted by Gasteiger charge is -2.27. The first kappa shape index (κ1) is 13.3. The Bertz CT molecular complexity index is 639. The maximum Gasteiger partial charge on any atom is 0.235 e. The van der Waals surface area contributed by atoms with Crippen molar-refractivity contribution in [2.45, 2.75) is 31.1 Å². The van der Waals surface area contributed by atoms with Gasteiger partial charge in [0.2, 0.25) is 11.8 Å². The highest BCUT2D eigenvalue weighted by Crippen LogP contribution is 2.60. The van der Waals surface area contributed by atoms with Crippen LogP contribution in [0.25, 0.3) is 0 Å². The van der Waals surface area contributed by atoms with Crippen molar-refractivity contribution in [3.63, 3.8) is 0 Å². The molecule has 1 N–H and O–H groups in total. The number of halogens is 1. The number of carbonyl (C=O) groups excluding carboxylic acids is 2. The number of anilines is 1. The Hall–Kier alpha value is -1.36. The van der Waals surface area contributed by atoms with Crippen molar-refractivity contribution in [3.05, 3.63) is 28.2 Å². The second-order valence-electron chi connectivity index (χ2n) is 6.26. The minimum absolute atomic E-state index is 0.00837. The number of nitrogens with zero attached hydrogens (tertiary/aromatic N) is 1. The van der Waals surface area contributed by atoms with Crippen LogP contribution in [0.15, 0.2) is 22.7 Å². The fourth-order valence-corrected chi connectivity index (χ4v) is 4.16. The van der Waals surface area contributed by atoms with Crippen LogP contribution < -0.4 is 5.32 Å². The van der Waals surface area contributed by atoms with Crippen LogP contribution in [0.2, 0.25) is 0 Å². The van der Waals surface area contributed by atoms with Gasteiger partial charge < -0.3 is 10.2 Å². The average Bonchev–Trinajstić information content (AvgIpc) is 3.19. The van der Waals surface area contributed by atoms with E-state index in [2.05, 4.69) is 21.2 Å². The zero-order valence-corrected chi connectivity index (χ0v) is 13.3. The average molecular weight is 349 g/mol. The summed E-state index contributed by atoms with van der Waals surface area (Å²) in [4.78, 5) is 27.1. The molecule has 2 atom stereocenters. The number of likely N-dealkylation sites (tertiary alicyclic amines) is 1. The molecule has 4 rings (SSSR count). The van der Waals surface area contributed by atoms with Crippen LogP contribution in [0.3, 0.4) is 0 Å². The lowest BCUT2D eigenvalue weighted by Crippen LogP contribution is -2.39. The van der Waals surface area contributed by atoms with Gasteiger partial charge in [-0.3, -0.25) is 9.59 Å². The largest absolute Gasteiger partial charge is 0.342 e. The first-order valence-electron chi connectivity index (χ1n) is 7.53. The Morgan fingerprint density at radius 1 is 1.29 bits per heavy atom. The van der Waals surface area contributed by atoms with Crippen molar-refractivity contribution in [1.29, 1.82) is 0 Å². The quantitative estimate of drug-likeness (QED) is 0.848. The van der Waals surface area contributed by atoms with E-state index in [9.17, 15) is 9.59 Å². The van der Waals surface area contributed by atoms with E-state index in [0.29, 0.717) is 6.42 Å². The number of fused-ring (bicyclic) bond motifs is 2. The predicted molar refractivity (Wildman–Crippen MR) is 83.0 cm³/mol. The maximum atomic E-state index is 12.7. The number of nitrogens with one attached hydrogen (secondary N) is 1. The highest BCUT2D eigenvalue weighted by molar-refractivity contribution is 9.10. The van der Waals surface area contributed by atoms with Crippen LogP contribution in [0.4, 0.5) is 5.69 Å². The van der Waals surface area contributed by atoms with Gasteiger partial charge in [-0.05, 0) is 49.4 Å². The molecule has 110 valence electrons. The van der Waals surface area contributed by atoms with Gasteiger partial charge in [0.1, 0.15) is 0 Å². The van der Waals surface area contributed by atoms with Crippen LogP contribution in [0.5, 0.6) is 0 Å². The molecule has 1 aliphatic carbocycles. The number of hydrogen-bond donors (Lipinski definition) is 1. The zero-order valence-electron chi connectivity index (χ0n) is 11.7. The van der Waals surface area contributed by atoms with Crippen molar-refractivity contribution in [2.75, 3.05) is 18.4 Å². The molecule has 4 nitrogen and oxygen atoms in total. The third-order valence-corrected chi connectivity index (χ3v) is 5.54. The highest BCUT2D eigenvalue weighted by atomic mass is 79.9. The van der Waals surface area contributed by atoms with Gasteiger partial charge in [-0.2, -0.15) is 0 Å². The molecule has 1 spiro atoms. The van der Waals surface area contributed by atoms with Gasteiger partial charge in [-0.15, -0.1) is 0 Å². The number of benzene rings is 1. The van der Waals surface area contributed by atoms with Crippen molar-refractivity contribution in [3.8, 4) is 0 Å². The van der Waals surface area contributed by atoms with E-state index in [0.717, 1.165) is 41.7 Å². The summed E-state index contributed by atoms with van der Waals surface area (Å²) in [5.41, 5.74) is 1.24. The summed E-state index contributed by atoms with van der Waals surface area (Å²) in [6.07, 6.45) is 4.02. The number of hydrogen-bond acceptors (Lipinski definition) is 2. The lowest BCUT2D eigenvalue weighted by atomic mass is 9.94. The third-order valence-electron chi connectivity index (χ3n) is 5.04. The second kappa shape index (κ2) is 4.57. The van der Waals surface area contributed by atoms with E-state index in [1.165, 1.54) is 6.42 Å². The molecule has 21 heavy (non-hydrogen) atoms. The molecule has 2 heterocycles. The monoisotopic (exact) mass is 348 g/mol. The summed E-state index contributed by atoms with van der Waals surface area (Å²) >= 11 is 3.46. The minimum Gasteiger partial charge on any atom is -0.342 e. The summed E-state index contributed by atoms with van der Waals surface area (Å²) in [7, 11) is 0. The van der Waals surface area contributed by atoms with E-state index in [-0.39, 0.29) is 17.7 Å². The van der Waals surface area contributed by atoms with Crippen LogP contribution in [0, 0.1) is 5.92 Å². The Morgan fingerprint density at radius 2 is 2.05 bits per heavy atom. The number of carbonyl (C=O) groups is 2. The van der Waals surface area contributed by atoms with Crippen LogP contribution >= 0.6 is 15.9 Å². The molecule has 3 aliphatic rings. The van der Waals surface area contributed by atoms with Crippen molar-refractivity contribution < 1.29 is 9.59 Å². The molecule has 5 heteroatoms. The third kappa shape index (κ3) is 1.86.